The summed E-state index contributed by atoms with van der Waals surface area (Å²) in [5, 5.41) is 10.6. The van der Waals surface area contributed by atoms with E-state index in [1.807, 2.05) is 27.7 Å². The van der Waals surface area contributed by atoms with Gasteiger partial charge in [-0.25, -0.2) is 4.98 Å². The van der Waals surface area contributed by atoms with Gasteiger partial charge in [0, 0.05) is 17.2 Å². The minimum absolute atomic E-state index is 0.0103. The molecule has 0 aliphatic carbocycles. The molecule has 3 rings (SSSR count). The van der Waals surface area contributed by atoms with Crippen molar-refractivity contribution in [2.45, 2.75) is 52.2 Å². The summed E-state index contributed by atoms with van der Waals surface area (Å²) in [7, 11) is 0. The maximum Gasteiger partial charge on any atom is 0.295 e. The molecule has 0 spiro atoms. The number of thiophene rings is 1. The maximum atomic E-state index is 12.4. The van der Waals surface area contributed by atoms with Gasteiger partial charge in [0.25, 0.3) is 5.56 Å². The van der Waals surface area contributed by atoms with Crippen molar-refractivity contribution < 1.29 is 9.94 Å². The third kappa shape index (κ3) is 1.94. The van der Waals surface area contributed by atoms with E-state index in [1.54, 1.807) is 0 Å². The molecule has 0 fully saturated rings. The van der Waals surface area contributed by atoms with Crippen LogP contribution in [0.1, 0.15) is 49.9 Å². The third-order valence-corrected chi connectivity index (χ3v) is 4.72. The Labute approximate surface area is 120 Å². The molecule has 5 nitrogen and oxygen atoms in total. The van der Waals surface area contributed by atoms with Crippen LogP contribution in [0.15, 0.2) is 4.79 Å². The van der Waals surface area contributed by atoms with E-state index < -0.39 is 0 Å². The average molecular weight is 294 g/mol. The number of rotatable bonds is 1. The van der Waals surface area contributed by atoms with Gasteiger partial charge in [-0.05, 0) is 19.4 Å². The Morgan fingerprint density at radius 3 is 2.80 bits per heavy atom. The molecule has 108 valence electrons. The molecule has 0 bridgehead atoms. The van der Waals surface area contributed by atoms with Crippen molar-refractivity contribution in [3.63, 3.8) is 0 Å². The SMILES string of the molecule is CC(C)c1nc2sc3c(c2c(=O)n1O)CC(C)(C)OC3. The molecule has 6 heteroatoms. The largest absolute Gasteiger partial charge is 0.424 e. The Morgan fingerprint density at radius 1 is 1.45 bits per heavy atom. The van der Waals surface area contributed by atoms with Crippen LogP contribution in [-0.4, -0.2) is 20.5 Å². The molecule has 0 radical (unpaired) electrons. The Kier molecular flexibility index (Phi) is 2.92. The molecular weight excluding hydrogens is 276 g/mol. The quantitative estimate of drug-likeness (QED) is 0.821. The Hall–Kier alpha value is -1.40. The summed E-state index contributed by atoms with van der Waals surface area (Å²) in [5.74, 6) is 0.394. The Balaban J connectivity index is 2.32. The highest BCUT2D eigenvalue weighted by atomic mass is 32.1. The zero-order chi connectivity index (χ0) is 14.7. The summed E-state index contributed by atoms with van der Waals surface area (Å²) in [6.07, 6.45) is 0.667. The van der Waals surface area contributed by atoms with Crippen molar-refractivity contribution in [2.24, 2.45) is 0 Å². The second-order valence-electron chi connectivity index (χ2n) is 6.15. The van der Waals surface area contributed by atoms with Gasteiger partial charge in [-0.15, -0.1) is 16.1 Å². The van der Waals surface area contributed by atoms with E-state index in [-0.39, 0.29) is 17.1 Å². The van der Waals surface area contributed by atoms with Crippen molar-refractivity contribution in [1.29, 1.82) is 0 Å². The Bertz CT molecular complexity index is 743. The maximum absolute atomic E-state index is 12.4. The smallest absolute Gasteiger partial charge is 0.295 e. The van der Waals surface area contributed by atoms with E-state index in [0.29, 0.717) is 33.8 Å². The number of hydrogen-bond donors (Lipinski definition) is 1. The summed E-state index contributed by atoms with van der Waals surface area (Å²) in [6.45, 7) is 8.32. The van der Waals surface area contributed by atoms with Crippen LogP contribution in [0.2, 0.25) is 0 Å². The van der Waals surface area contributed by atoms with E-state index in [1.165, 1.54) is 11.3 Å². The zero-order valence-electron chi connectivity index (χ0n) is 12.1. The van der Waals surface area contributed by atoms with Crippen molar-refractivity contribution in [3.05, 3.63) is 26.6 Å². The highest BCUT2D eigenvalue weighted by Gasteiger charge is 2.31. The summed E-state index contributed by atoms with van der Waals surface area (Å²) < 4.78 is 6.48. The van der Waals surface area contributed by atoms with Gasteiger partial charge in [-0.1, -0.05) is 13.8 Å². The molecule has 1 aliphatic rings. The van der Waals surface area contributed by atoms with Gasteiger partial charge in [0.05, 0.1) is 17.6 Å². The van der Waals surface area contributed by atoms with E-state index in [9.17, 15) is 10.0 Å². The van der Waals surface area contributed by atoms with Crippen LogP contribution in [0.3, 0.4) is 0 Å². The topological polar surface area (TPSA) is 64.4 Å². The van der Waals surface area contributed by atoms with Crippen molar-refractivity contribution >= 4 is 21.6 Å². The zero-order valence-corrected chi connectivity index (χ0v) is 12.9. The average Bonchev–Trinajstić information content (AvgIpc) is 2.69. The van der Waals surface area contributed by atoms with Crippen LogP contribution in [0, 0.1) is 0 Å². The van der Waals surface area contributed by atoms with Crippen LogP contribution < -0.4 is 5.56 Å². The summed E-state index contributed by atoms with van der Waals surface area (Å²) in [6, 6.07) is 0. The molecule has 2 aromatic heterocycles. The van der Waals surface area contributed by atoms with Crippen LogP contribution in [0.5, 0.6) is 0 Å². The number of hydrogen-bond acceptors (Lipinski definition) is 5. The standard InChI is InChI=1S/C14H18N2O3S/c1-7(2)11-15-12-10(13(17)16(11)18)8-5-14(3,4)19-6-9(8)20-12/h7,18H,5-6H2,1-4H3. The second kappa shape index (κ2) is 4.30. The number of fused-ring (bicyclic) bond motifs is 3. The fourth-order valence-corrected chi connectivity index (χ4v) is 3.67. The molecule has 0 saturated carbocycles. The van der Waals surface area contributed by atoms with Crippen molar-refractivity contribution in [2.75, 3.05) is 0 Å². The number of aromatic nitrogens is 2. The minimum atomic E-state index is -0.367. The van der Waals surface area contributed by atoms with Crippen LogP contribution in [0.25, 0.3) is 10.2 Å². The van der Waals surface area contributed by atoms with Crippen LogP contribution in [-0.2, 0) is 17.8 Å². The van der Waals surface area contributed by atoms with Crippen LogP contribution in [0.4, 0.5) is 0 Å². The highest BCUT2D eigenvalue weighted by molar-refractivity contribution is 7.18. The molecule has 0 amide bonds. The molecule has 3 heterocycles. The predicted molar refractivity (Wildman–Crippen MR) is 77.7 cm³/mol. The monoisotopic (exact) mass is 294 g/mol. The van der Waals surface area contributed by atoms with Crippen molar-refractivity contribution in [3.8, 4) is 0 Å². The molecule has 2 aromatic rings. The molecule has 0 aromatic carbocycles. The van der Waals surface area contributed by atoms with Gasteiger partial charge >= 0.3 is 0 Å². The van der Waals surface area contributed by atoms with Gasteiger partial charge < -0.3 is 9.94 Å². The van der Waals surface area contributed by atoms with Crippen molar-refractivity contribution in [1.82, 2.24) is 9.71 Å². The van der Waals surface area contributed by atoms with E-state index >= 15 is 0 Å². The second-order valence-corrected chi connectivity index (χ2v) is 7.23. The summed E-state index contributed by atoms with van der Waals surface area (Å²) >= 11 is 1.49. The van der Waals surface area contributed by atoms with E-state index in [4.69, 9.17) is 4.74 Å². The van der Waals surface area contributed by atoms with Crippen LogP contribution >= 0.6 is 11.3 Å². The lowest BCUT2D eigenvalue weighted by atomic mass is 9.94. The van der Waals surface area contributed by atoms with Gasteiger partial charge in [0.15, 0.2) is 5.82 Å². The molecule has 20 heavy (non-hydrogen) atoms. The third-order valence-electron chi connectivity index (χ3n) is 3.62. The normalized spacial score (nSPS) is 17.6. The van der Waals surface area contributed by atoms with E-state index in [0.717, 1.165) is 10.4 Å². The number of nitrogens with zero attached hydrogens (tertiary/aromatic N) is 2. The van der Waals surface area contributed by atoms with Gasteiger partial charge in [0.2, 0.25) is 0 Å². The lowest BCUT2D eigenvalue weighted by molar-refractivity contribution is -0.0379. The van der Waals surface area contributed by atoms with Gasteiger partial charge in [-0.2, -0.15) is 0 Å². The first-order valence-corrected chi connectivity index (χ1v) is 7.52. The fourth-order valence-electron chi connectivity index (χ4n) is 2.57. The first-order chi connectivity index (χ1) is 9.30. The molecule has 0 unspecified atom stereocenters. The van der Waals surface area contributed by atoms with Gasteiger partial charge in [-0.3, -0.25) is 4.79 Å². The van der Waals surface area contributed by atoms with Gasteiger partial charge in [0.1, 0.15) is 4.83 Å². The lowest BCUT2D eigenvalue weighted by Crippen LogP contribution is -2.32. The molecule has 1 aliphatic heterocycles. The van der Waals surface area contributed by atoms with E-state index in [2.05, 4.69) is 4.98 Å². The summed E-state index contributed by atoms with van der Waals surface area (Å²) in [4.78, 5) is 18.7. The molecule has 0 saturated heterocycles. The number of ether oxygens (including phenoxy) is 1. The molecule has 1 N–H and O–H groups in total. The Morgan fingerprint density at radius 2 is 2.15 bits per heavy atom. The first-order valence-electron chi connectivity index (χ1n) is 6.70. The lowest BCUT2D eigenvalue weighted by Gasteiger charge is -2.29. The molecule has 0 atom stereocenters. The minimum Gasteiger partial charge on any atom is -0.424 e. The fraction of sp³-hybridized carbons (Fsp3) is 0.571. The first kappa shape index (κ1) is 13.6. The highest BCUT2D eigenvalue weighted by Crippen LogP contribution is 2.37. The molecular formula is C14H18N2O3S. The predicted octanol–water partition coefficient (Wildman–Crippen LogP) is 2.67. The summed E-state index contributed by atoms with van der Waals surface area (Å²) in [5.41, 5.74) is 0.329.